The second-order valence-electron chi connectivity index (χ2n) is 4.93. The van der Waals surface area contributed by atoms with Crippen LogP contribution in [0.5, 0.6) is 0 Å². The van der Waals surface area contributed by atoms with Gasteiger partial charge in [-0.1, -0.05) is 30.3 Å². The van der Waals surface area contributed by atoms with Gasteiger partial charge in [0, 0.05) is 42.8 Å². The average molecular weight is 313 g/mol. The van der Waals surface area contributed by atoms with Crippen molar-refractivity contribution < 1.29 is 13.2 Å². The molecule has 2 rings (SSSR count). The van der Waals surface area contributed by atoms with Gasteiger partial charge in [0.05, 0.1) is 0 Å². The molecule has 0 bridgehead atoms. The van der Waals surface area contributed by atoms with E-state index in [0.717, 1.165) is 12.3 Å². The molecule has 1 saturated heterocycles. The summed E-state index contributed by atoms with van der Waals surface area (Å²) < 4.78 is 23.5. The van der Waals surface area contributed by atoms with Gasteiger partial charge in [0.15, 0.2) is 15.6 Å². The molecule has 1 heterocycles. The quantitative estimate of drug-likeness (QED) is 0.774. The molecule has 1 aromatic carbocycles. The van der Waals surface area contributed by atoms with Crippen LogP contribution in [0.25, 0.3) is 0 Å². The highest BCUT2D eigenvalue weighted by atomic mass is 32.2. The highest BCUT2D eigenvalue weighted by Crippen LogP contribution is 2.20. The molecule has 0 aliphatic carbocycles. The summed E-state index contributed by atoms with van der Waals surface area (Å²) in [6.45, 7) is 1.23. The van der Waals surface area contributed by atoms with Crippen molar-refractivity contribution in [3.05, 3.63) is 35.9 Å². The van der Waals surface area contributed by atoms with Crippen LogP contribution in [-0.2, 0) is 9.84 Å². The van der Waals surface area contributed by atoms with Crippen molar-refractivity contribution >= 4 is 27.4 Å². The molecule has 20 heavy (non-hydrogen) atoms. The summed E-state index contributed by atoms with van der Waals surface area (Å²) in [5.41, 5.74) is 0.690. The zero-order valence-corrected chi connectivity index (χ0v) is 13.1. The van der Waals surface area contributed by atoms with Gasteiger partial charge in [-0.15, -0.1) is 0 Å². The van der Waals surface area contributed by atoms with E-state index in [9.17, 15) is 13.2 Å². The van der Waals surface area contributed by atoms with Crippen molar-refractivity contribution in [3.63, 3.8) is 0 Å². The minimum absolute atomic E-state index is 0.0658. The molecule has 6 heteroatoms. The number of benzene rings is 1. The van der Waals surface area contributed by atoms with Crippen LogP contribution in [0, 0.1) is 0 Å². The molecule has 1 aromatic rings. The number of thioether (sulfide) groups is 1. The van der Waals surface area contributed by atoms with Crippen molar-refractivity contribution in [2.45, 2.75) is 11.8 Å². The first-order valence-electron chi connectivity index (χ1n) is 6.57. The van der Waals surface area contributed by atoms with Gasteiger partial charge in [-0.25, -0.2) is 8.42 Å². The molecule has 0 radical (unpaired) electrons. The maximum Gasteiger partial charge on any atom is 0.164 e. The SMILES string of the molecule is CS(=O)(=O)C1CSCCN1CCC(=O)c1ccccc1. The molecule has 4 nitrogen and oxygen atoms in total. The maximum absolute atomic E-state index is 12.1. The summed E-state index contributed by atoms with van der Waals surface area (Å²) in [5, 5.41) is -0.454. The van der Waals surface area contributed by atoms with Crippen molar-refractivity contribution in [3.8, 4) is 0 Å². The number of ketones is 1. The molecular formula is C14H19NO3S2. The normalized spacial score (nSPS) is 20.8. The molecule has 110 valence electrons. The zero-order valence-electron chi connectivity index (χ0n) is 11.5. The van der Waals surface area contributed by atoms with Crippen molar-refractivity contribution in [1.82, 2.24) is 4.90 Å². The Balaban J connectivity index is 1.97. The minimum atomic E-state index is -3.09. The number of Topliss-reactive ketones (excluding diaryl/α,β-unsaturated/α-hetero) is 1. The highest BCUT2D eigenvalue weighted by molar-refractivity contribution is 8.00. The molecule has 1 unspecified atom stereocenters. The van der Waals surface area contributed by atoms with Gasteiger partial charge in [-0.05, 0) is 0 Å². The van der Waals surface area contributed by atoms with E-state index in [0.29, 0.717) is 24.3 Å². The Morgan fingerprint density at radius 2 is 2.05 bits per heavy atom. The van der Waals surface area contributed by atoms with E-state index in [2.05, 4.69) is 0 Å². The first-order valence-corrected chi connectivity index (χ1v) is 9.68. The fourth-order valence-electron chi connectivity index (χ4n) is 2.28. The van der Waals surface area contributed by atoms with E-state index < -0.39 is 15.2 Å². The molecule has 1 atom stereocenters. The maximum atomic E-state index is 12.1. The van der Waals surface area contributed by atoms with E-state index in [-0.39, 0.29) is 5.78 Å². The van der Waals surface area contributed by atoms with Gasteiger partial charge < -0.3 is 0 Å². The van der Waals surface area contributed by atoms with Crippen LogP contribution >= 0.6 is 11.8 Å². The summed E-state index contributed by atoms with van der Waals surface area (Å²) in [6, 6.07) is 9.14. The predicted molar refractivity (Wildman–Crippen MR) is 82.9 cm³/mol. The van der Waals surface area contributed by atoms with Crippen molar-refractivity contribution in [2.24, 2.45) is 0 Å². The first-order chi connectivity index (χ1) is 9.48. The Morgan fingerprint density at radius 3 is 2.70 bits per heavy atom. The largest absolute Gasteiger partial charge is 0.294 e. The Kier molecular flexibility index (Phi) is 5.23. The Bertz CT molecular complexity index is 557. The fraction of sp³-hybridized carbons (Fsp3) is 0.500. The predicted octanol–water partition coefficient (Wildman–Crippen LogP) is 1.68. The van der Waals surface area contributed by atoms with Crippen LogP contribution in [0.1, 0.15) is 16.8 Å². The average Bonchev–Trinajstić information content (AvgIpc) is 2.45. The molecule has 0 amide bonds. The lowest BCUT2D eigenvalue weighted by Crippen LogP contribution is -2.47. The lowest BCUT2D eigenvalue weighted by Gasteiger charge is -2.33. The van der Waals surface area contributed by atoms with Crippen LogP contribution in [0.2, 0.25) is 0 Å². The third-order valence-corrected chi connectivity index (χ3v) is 6.09. The van der Waals surface area contributed by atoms with Crippen LogP contribution in [0.4, 0.5) is 0 Å². The number of nitrogens with zero attached hydrogens (tertiary/aromatic N) is 1. The minimum Gasteiger partial charge on any atom is -0.294 e. The van der Waals surface area contributed by atoms with Gasteiger partial charge in [0.25, 0.3) is 0 Å². The number of sulfone groups is 1. The van der Waals surface area contributed by atoms with Gasteiger partial charge in [0.2, 0.25) is 0 Å². The Labute approximate surface area is 124 Å². The molecule has 0 aromatic heterocycles. The van der Waals surface area contributed by atoms with Crippen LogP contribution in [-0.4, -0.2) is 55.3 Å². The van der Waals surface area contributed by atoms with E-state index in [1.165, 1.54) is 6.26 Å². The zero-order chi connectivity index (χ0) is 14.6. The van der Waals surface area contributed by atoms with Gasteiger partial charge >= 0.3 is 0 Å². The summed E-state index contributed by atoms with van der Waals surface area (Å²) in [4.78, 5) is 14.0. The summed E-state index contributed by atoms with van der Waals surface area (Å²) in [7, 11) is -3.09. The van der Waals surface area contributed by atoms with Gasteiger partial charge in [-0.2, -0.15) is 11.8 Å². The fourth-order valence-corrected chi connectivity index (χ4v) is 5.25. The number of carbonyl (C=O) groups excluding carboxylic acids is 1. The molecule has 0 N–H and O–H groups in total. The van der Waals surface area contributed by atoms with Crippen LogP contribution < -0.4 is 0 Å². The van der Waals surface area contributed by atoms with Gasteiger partial charge in [0.1, 0.15) is 5.37 Å². The smallest absolute Gasteiger partial charge is 0.164 e. The molecule has 1 aliphatic heterocycles. The molecule has 1 aliphatic rings. The molecule has 1 fully saturated rings. The lowest BCUT2D eigenvalue weighted by atomic mass is 10.1. The summed E-state index contributed by atoms with van der Waals surface area (Å²) in [6.07, 6.45) is 1.64. The van der Waals surface area contributed by atoms with Crippen molar-refractivity contribution in [1.29, 1.82) is 0 Å². The van der Waals surface area contributed by atoms with Crippen LogP contribution in [0.15, 0.2) is 30.3 Å². The van der Waals surface area contributed by atoms with Gasteiger partial charge in [-0.3, -0.25) is 9.69 Å². The van der Waals surface area contributed by atoms with E-state index >= 15 is 0 Å². The first kappa shape index (κ1) is 15.5. The van der Waals surface area contributed by atoms with E-state index in [4.69, 9.17) is 0 Å². The highest BCUT2D eigenvalue weighted by Gasteiger charge is 2.30. The second-order valence-corrected chi connectivity index (χ2v) is 8.29. The standard InChI is InChI=1S/C14H19NO3S2/c1-20(17,18)14-11-19-10-9-15(14)8-7-13(16)12-5-3-2-4-6-12/h2-6,14H,7-11H2,1H3. The number of hydrogen-bond donors (Lipinski definition) is 0. The summed E-state index contributed by atoms with van der Waals surface area (Å²) >= 11 is 1.66. The Hall–Kier alpha value is -0.850. The molecule has 0 saturated carbocycles. The van der Waals surface area contributed by atoms with Crippen LogP contribution in [0.3, 0.4) is 0 Å². The van der Waals surface area contributed by atoms with E-state index in [1.807, 2.05) is 23.1 Å². The third kappa shape index (κ3) is 4.07. The monoisotopic (exact) mass is 313 g/mol. The summed E-state index contributed by atoms with van der Waals surface area (Å²) in [5.74, 6) is 1.58. The topological polar surface area (TPSA) is 54.5 Å². The number of rotatable bonds is 5. The Morgan fingerprint density at radius 1 is 1.35 bits per heavy atom. The number of carbonyl (C=O) groups is 1. The third-order valence-electron chi connectivity index (χ3n) is 3.41. The molecular weight excluding hydrogens is 294 g/mol. The lowest BCUT2D eigenvalue weighted by molar-refractivity contribution is 0.0963. The van der Waals surface area contributed by atoms with Crippen molar-refractivity contribution in [2.75, 3.05) is 30.9 Å². The second kappa shape index (κ2) is 6.74. The molecule has 0 spiro atoms. The number of hydrogen-bond acceptors (Lipinski definition) is 5. The van der Waals surface area contributed by atoms with E-state index in [1.54, 1.807) is 23.9 Å².